The van der Waals surface area contributed by atoms with Crippen LogP contribution in [0, 0.1) is 0 Å². The number of fused-ring (bicyclic) bond motifs is 3. The highest BCUT2D eigenvalue weighted by Gasteiger charge is 2.30. The van der Waals surface area contributed by atoms with Crippen molar-refractivity contribution in [3.05, 3.63) is 23.9 Å². The molecule has 1 N–H and O–H groups in total. The van der Waals surface area contributed by atoms with Crippen LogP contribution in [0.5, 0.6) is 0 Å². The number of piperazine rings is 1. The number of Topliss-reactive ketones (excluding diaryl/α,β-unsaturated/α-hetero) is 1. The van der Waals surface area contributed by atoms with E-state index in [-0.39, 0.29) is 5.78 Å². The Balaban J connectivity index is 2.06. The molecule has 1 fully saturated rings. The fourth-order valence-electron chi connectivity index (χ4n) is 2.57. The maximum Gasteiger partial charge on any atom is 0.166 e. The summed E-state index contributed by atoms with van der Waals surface area (Å²) in [7, 11) is 0. The molecule has 3 heterocycles. The van der Waals surface area contributed by atoms with Gasteiger partial charge in [0.15, 0.2) is 5.78 Å². The second kappa shape index (κ2) is 3.87. The summed E-state index contributed by atoms with van der Waals surface area (Å²) in [5, 5.41) is 3.38. The van der Waals surface area contributed by atoms with Gasteiger partial charge in [0.25, 0.3) is 0 Å². The van der Waals surface area contributed by atoms with Gasteiger partial charge in [0.1, 0.15) is 5.82 Å². The number of carbonyl (C=O) groups excluding carboxylic acids is 1. The molecule has 1 aromatic rings. The number of hydrogen-bond donors (Lipinski definition) is 1. The van der Waals surface area contributed by atoms with Gasteiger partial charge in [-0.15, -0.1) is 0 Å². The van der Waals surface area contributed by atoms with Crippen LogP contribution in [-0.2, 0) is 0 Å². The van der Waals surface area contributed by atoms with E-state index < -0.39 is 0 Å². The molecular weight excluding hydrogens is 202 g/mol. The Hall–Kier alpha value is -1.42. The van der Waals surface area contributed by atoms with Crippen LogP contribution in [0.3, 0.4) is 0 Å². The lowest BCUT2D eigenvalue weighted by Gasteiger charge is -2.36. The maximum absolute atomic E-state index is 12.0. The normalized spacial score (nSPS) is 24.6. The SMILES string of the molecule is O=C1CCC2CNCCN2c2ncccc21. The van der Waals surface area contributed by atoms with Gasteiger partial charge in [0, 0.05) is 38.3 Å². The third kappa shape index (κ3) is 1.50. The van der Waals surface area contributed by atoms with Crippen molar-refractivity contribution in [3.8, 4) is 0 Å². The zero-order valence-electron chi connectivity index (χ0n) is 9.15. The highest BCUT2D eigenvalue weighted by Crippen LogP contribution is 2.27. The molecular formula is C12H15N3O. The molecule has 1 atom stereocenters. The molecule has 0 aromatic carbocycles. The minimum absolute atomic E-state index is 0.234. The van der Waals surface area contributed by atoms with Crippen LogP contribution >= 0.6 is 0 Å². The Bertz CT molecular complexity index is 418. The molecule has 84 valence electrons. The molecule has 1 aromatic heterocycles. The van der Waals surface area contributed by atoms with Crippen molar-refractivity contribution in [2.45, 2.75) is 18.9 Å². The monoisotopic (exact) mass is 217 g/mol. The van der Waals surface area contributed by atoms with E-state index in [1.807, 2.05) is 12.1 Å². The van der Waals surface area contributed by atoms with Gasteiger partial charge in [0.05, 0.1) is 5.56 Å². The Morgan fingerprint density at radius 1 is 1.50 bits per heavy atom. The van der Waals surface area contributed by atoms with Crippen LogP contribution in [0.25, 0.3) is 0 Å². The number of ketones is 1. The van der Waals surface area contributed by atoms with Crippen molar-refractivity contribution in [1.29, 1.82) is 0 Å². The molecule has 0 saturated carbocycles. The van der Waals surface area contributed by atoms with E-state index in [1.54, 1.807) is 6.20 Å². The number of pyridine rings is 1. The summed E-state index contributed by atoms with van der Waals surface area (Å²) >= 11 is 0. The minimum Gasteiger partial charge on any atom is -0.350 e. The van der Waals surface area contributed by atoms with Gasteiger partial charge < -0.3 is 10.2 Å². The fourth-order valence-corrected chi connectivity index (χ4v) is 2.57. The van der Waals surface area contributed by atoms with Crippen molar-refractivity contribution in [2.75, 3.05) is 24.5 Å². The summed E-state index contributed by atoms with van der Waals surface area (Å²) in [4.78, 5) is 18.6. The zero-order chi connectivity index (χ0) is 11.0. The highest BCUT2D eigenvalue weighted by molar-refractivity contribution is 6.01. The third-order valence-corrected chi connectivity index (χ3v) is 3.41. The molecule has 4 nitrogen and oxygen atoms in total. The number of carbonyl (C=O) groups is 1. The fraction of sp³-hybridized carbons (Fsp3) is 0.500. The Labute approximate surface area is 94.7 Å². The van der Waals surface area contributed by atoms with E-state index in [4.69, 9.17) is 0 Å². The van der Waals surface area contributed by atoms with Crippen molar-refractivity contribution in [1.82, 2.24) is 10.3 Å². The molecule has 2 aliphatic rings. The second-order valence-electron chi connectivity index (χ2n) is 4.39. The van der Waals surface area contributed by atoms with Gasteiger partial charge >= 0.3 is 0 Å². The average molecular weight is 217 g/mol. The summed E-state index contributed by atoms with van der Waals surface area (Å²) in [6.07, 6.45) is 3.35. The molecule has 4 heteroatoms. The molecule has 2 aliphatic heterocycles. The maximum atomic E-state index is 12.0. The standard InChI is InChI=1S/C12H15N3O/c16-11-4-3-9-8-13-6-7-15(9)12-10(11)2-1-5-14-12/h1-2,5,9,13H,3-4,6-8H2. The molecule has 0 amide bonds. The Morgan fingerprint density at radius 3 is 3.38 bits per heavy atom. The van der Waals surface area contributed by atoms with Gasteiger partial charge in [-0.05, 0) is 18.6 Å². The van der Waals surface area contributed by atoms with Crippen molar-refractivity contribution >= 4 is 11.6 Å². The van der Waals surface area contributed by atoms with E-state index >= 15 is 0 Å². The molecule has 0 spiro atoms. The van der Waals surface area contributed by atoms with E-state index in [0.717, 1.165) is 37.4 Å². The zero-order valence-corrected chi connectivity index (χ0v) is 9.15. The Morgan fingerprint density at radius 2 is 2.44 bits per heavy atom. The summed E-state index contributed by atoms with van der Waals surface area (Å²) in [5.74, 6) is 1.12. The van der Waals surface area contributed by atoms with Gasteiger partial charge in [-0.3, -0.25) is 4.79 Å². The lowest BCUT2D eigenvalue weighted by Crippen LogP contribution is -2.51. The summed E-state index contributed by atoms with van der Waals surface area (Å²) < 4.78 is 0. The van der Waals surface area contributed by atoms with Gasteiger partial charge in [-0.2, -0.15) is 0 Å². The second-order valence-corrected chi connectivity index (χ2v) is 4.39. The molecule has 0 bridgehead atoms. The largest absolute Gasteiger partial charge is 0.350 e. The van der Waals surface area contributed by atoms with Crippen molar-refractivity contribution in [3.63, 3.8) is 0 Å². The van der Waals surface area contributed by atoms with Crippen LogP contribution in [0.2, 0.25) is 0 Å². The average Bonchev–Trinajstić information content (AvgIpc) is 2.49. The number of hydrogen-bond acceptors (Lipinski definition) is 4. The van der Waals surface area contributed by atoms with Gasteiger partial charge in [-0.25, -0.2) is 4.98 Å². The van der Waals surface area contributed by atoms with Crippen molar-refractivity contribution < 1.29 is 4.79 Å². The molecule has 0 radical (unpaired) electrons. The first kappa shape index (κ1) is 9.78. The summed E-state index contributed by atoms with van der Waals surface area (Å²) in [5.41, 5.74) is 0.798. The molecule has 1 unspecified atom stereocenters. The summed E-state index contributed by atoms with van der Waals surface area (Å²) in [6, 6.07) is 4.17. The van der Waals surface area contributed by atoms with Crippen LogP contribution in [0.4, 0.5) is 5.82 Å². The first-order valence-corrected chi connectivity index (χ1v) is 5.82. The molecule has 1 saturated heterocycles. The predicted molar refractivity (Wildman–Crippen MR) is 61.8 cm³/mol. The topological polar surface area (TPSA) is 45.2 Å². The van der Waals surface area contributed by atoms with Crippen LogP contribution < -0.4 is 10.2 Å². The molecule has 3 rings (SSSR count). The van der Waals surface area contributed by atoms with Gasteiger partial charge in [0.2, 0.25) is 0 Å². The number of rotatable bonds is 0. The van der Waals surface area contributed by atoms with E-state index in [0.29, 0.717) is 12.5 Å². The highest BCUT2D eigenvalue weighted by atomic mass is 16.1. The quantitative estimate of drug-likeness (QED) is 0.699. The van der Waals surface area contributed by atoms with E-state index in [2.05, 4.69) is 15.2 Å². The minimum atomic E-state index is 0.234. The number of anilines is 1. The number of nitrogens with zero attached hydrogens (tertiary/aromatic N) is 2. The third-order valence-electron chi connectivity index (χ3n) is 3.41. The molecule has 16 heavy (non-hydrogen) atoms. The van der Waals surface area contributed by atoms with Crippen LogP contribution in [0.1, 0.15) is 23.2 Å². The van der Waals surface area contributed by atoms with Crippen LogP contribution in [-0.4, -0.2) is 36.4 Å². The van der Waals surface area contributed by atoms with Crippen molar-refractivity contribution in [2.24, 2.45) is 0 Å². The predicted octanol–water partition coefficient (Wildman–Crippen LogP) is 0.836. The first-order chi connectivity index (χ1) is 7.86. The lowest BCUT2D eigenvalue weighted by atomic mass is 10.1. The lowest BCUT2D eigenvalue weighted by molar-refractivity contribution is 0.0981. The molecule has 0 aliphatic carbocycles. The Kier molecular flexibility index (Phi) is 2.36. The number of aromatic nitrogens is 1. The van der Waals surface area contributed by atoms with E-state index in [1.165, 1.54) is 0 Å². The number of nitrogens with one attached hydrogen (secondary N) is 1. The summed E-state index contributed by atoms with van der Waals surface area (Å²) in [6.45, 7) is 2.88. The smallest absolute Gasteiger partial charge is 0.166 e. The van der Waals surface area contributed by atoms with E-state index in [9.17, 15) is 4.79 Å². The van der Waals surface area contributed by atoms with Crippen LogP contribution in [0.15, 0.2) is 18.3 Å². The first-order valence-electron chi connectivity index (χ1n) is 5.82. The van der Waals surface area contributed by atoms with Gasteiger partial charge in [-0.1, -0.05) is 0 Å².